The minimum Gasteiger partial charge on any atom is -0.494 e. The van der Waals surface area contributed by atoms with Crippen molar-refractivity contribution < 1.29 is 18.8 Å². The summed E-state index contributed by atoms with van der Waals surface area (Å²) >= 11 is 0. The van der Waals surface area contributed by atoms with Gasteiger partial charge in [0, 0.05) is 12.1 Å². The summed E-state index contributed by atoms with van der Waals surface area (Å²) in [4.78, 5) is 13.3. The Kier molecular flexibility index (Phi) is 7.60. The summed E-state index contributed by atoms with van der Waals surface area (Å²) in [5.74, 6) is -0.117. The number of quaternary nitrogens is 1. The molecule has 1 amide bonds. The molecule has 0 aliphatic heterocycles. The van der Waals surface area contributed by atoms with Gasteiger partial charge < -0.3 is 15.0 Å². The molecule has 0 heterocycles. The van der Waals surface area contributed by atoms with E-state index in [2.05, 4.69) is 24.4 Å². The predicted molar refractivity (Wildman–Crippen MR) is 101 cm³/mol. The molecule has 26 heavy (non-hydrogen) atoms. The van der Waals surface area contributed by atoms with E-state index in [0.717, 1.165) is 23.4 Å². The van der Waals surface area contributed by atoms with Crippen molar-refractivity contribution in [2.45, 2.75) is 26.8 Å². The van der Waals surface area contributed by atoms with E-state index in [4.69, 9.17) is 4.74 Å². The Morgan fingerprint density at radius 2 is 2.00 bits per heavy atom. The summed E-state index contributed by atoms with van der Waals surface area (Å²) in [5, 5.41) is 2.98. The van der Waals surface area contributed by atoms with Gasteiger partial charge in [-0.05, 0) is 49.6 Å². The van der Waals surface area contributed by atoms with Gasteiger partial charge in [0.2, 0.25) is 0 Å². The Bertz CT molecular complexity index is 734. The molecule has 1 atom stereocenters. The molecule has 0 saturated carbocycles. The number of hydrogen-bond acceptors (Lipinski definition) is 2. The topological polar surface area (TPSA) is 42.8 Å². The predicted octanol–water partition coefficient (Wildman–Crippen LogP) is 1.91. The molecule has 2 N–H and O–H groups in total. The molecule has 4 nitrogen and oxygen atoms in total. The molecule has 0 aliphatic carbocycles. The molecule has 0 aromatic heterocycles. The van der Waals surface area contributed by atoms with E-state index in [1.807, 2.05) is 25.1 Å². The Balaban J connectivity index is 1.82. The zero-order chi connectivity index (χ0) is 18.9. The first-order chi connectivity index (χ1) is 12.5. The summed E-state index contributed by atoms with van der Waals surface area (Å²) in [7, 11) is 1.45. The molecule has 0 saturated heterocycles. The van der Waals surface area contributed by atoms with Crippen LogP contribution < -0.4 is 15.0 Å². The van der Waals surface area contributed by atoms with Crippen LogP contribution in [0.2, 0.25) is 0 Å². The summed E-state index contributed by atoms with van der Waals surface area (Å²) in [6.07, 6.45) is 0.823. The highest BCUT2D eigenvalue weighted by Crippen LogP contribution is 2.17. The molecular weight excluding hydrogens is 331 g/mol. The number of benzene rings is 2. The van der Waals surface area contributed by atoms with Gasteiger partial charge in [-0.1, -0.05) is 24.3 Å². The molecule has 2 aromatic rings. The van der Waals surface area contributed by atoms with Gasteiger partial charge in [0.15, 0.2) is 18.1 Å². The van der Waals surface area contributed by atoms with E-state index in [1.54, 1.807) is 6.07 Å². The molecule has 2 aromatic carbocycles. The fourth-order valence-corrected chi connectivity index (χ4v) is 2.94. The van der Waals surface area contributed by atoms with Crippen molar-refractivity contribution in [2.75, 3.05) is 26.7 Å². The van der Waals surface area contributed by atoms with Gasteiger partial charge in [-0.15, -0.1) is 0 Å². The average Bonchev–Trinajstić information content (AvgIpc) is 2.63. The normalized spacial score (nSPS) is 11.8. The van der Waals surface area contributed by atoms with E-state index in [-0.39, 0.29) is 17.5 Å². The minimum atomic E-state index is -0.372. The Labute approximate surface area is 155 Å². The van der Waals surface area contributed by atoms with Crippen molar-refractivity contribution in [1.82, 2.24) is 5.32 Å². The largest absolute Gasteiger partial charge is 0.494 e. The van der Waals surface area contributed by atoms with Gasteiger partial charge in [-0.2, -0.15) is 0 Å². The maximum absolute atomic E-state index is 13.8. The summed E-state index contributed by atoms with van der Waals surface area (Å²) in [6.45, 7) is 6.49. The van der Waals surface area contributed by atoms with Crippen LogP contribution in [0.1, 0.15) is 23.6 Å². The van der Waals surface area contributed by atoms with Gasteiger partial charge in [-0.25, -0.2) is 4.39 Å². The number of amides is 1. The number of hydrogen-bond donors (Lipinski definition) is 2. The van der Waals surface area contributed by atoms with Gasteiger partial charge in [0.05, 0.1) is 13.7 Å². The number of carbonyl (C=O) groups excluding carboxylic acids is 1. The number of nitrogens with one attached hydrogen (secondary N) is 2. The van der Waals surface area contributed by atoms with E-state index >= 15 is 0 Å². The zero-order valence-electron chi connectivity index (χ0n) is 15.8. The van der Waals surface area contributed by atoms with Gasteiger partial charge >= 0.3 is 0 Å². The molecule has 0 bridgehead atoms. The standard InChI is InChI=1S/C21H27FN2O2/c1-4-24(14-17-9-10-20(26-3)19(22)13-17)15-21(25)23-12-11-18-8-6-5-7-16(18)2/h5-10,13H,4,11-12,14-15H2,1-3H3,(H,23,25)/p+1. The first-order valence-corrected chi connectivity index (χ1v) is 9.00. The van der Waals surface area contributed by atoms with E-state index in [1.165, 1.54) is 24.3 Å². The lowest BCUT2D eigenvalue weighted by atomic mass is 10.1. The van der Waals surface area contributed by atoms with Crippen molar-refractivity contribution in [2.24, 2.45) is 0 Å². The zero-order valence-corrected chi connectivity index (χ0v) is 15.8. The lowest BCUT2D eigenvalue weighted by Crippen LogP contribution is -3.11. The van der Waals surface area contributed by atoms with Crippen molar-refractivity contribution >= 4 is 5.91 Å². The third-order valence-corrected chi connectivity index (χ3v) is 4.56. The van der Waals surface area contributed by atoms with Crippen LogP contribution in [0.15, 0.2) is 42.5 Å². The minimum absolute atomic E-state index is 0.0180. The van der Waals surface area contributed by atoms with Crippen molar-refractivity contribution in [3.05, 3.63) is 65.0 Å². The number of aryl methyl sites for hydroxylation is 1. The summed E-state index contributed by atoms with van der Waals surface area (Å²) in [5.41, 5.74) is 3.35. The highest BCUT2D eigenvalue weighted by atomic mass is 19.1. The van der Waals surface area contributed by atoms with Crippen LogP contribution in [-0.4, -0.2) is 32.7 Å². The van der Waals surface area contributed by atoms with E-state index in [0.29, 0.717) is 19.6 Å². The Hall–Kier alpha value is -2.40. The van der Waals surface area contributed by atoms with Crippen LogP contribution in [-0.2, 0) is 17.8 Å². The number of halogens is 1. The fraction of sp³-hybridized carbons (Fsp3) is 0.381. The second kappa shape index (κ2) is 9.92. The highest BCUT2D eigenvalue weighted by Gasteiger charge is 2.14. The maximum Gasteiger partial charge on any atom is 0.275 e. The second-order valence-electron chi connectivity index (χ2n) is 6.45. The Morgan fingerprint density at radius 3 is 2.65 bits per heavy atom. The molecule has 0 aliphatic rings. The smallest absolute Gasteiger partial charge is 0.275 e. The summed E-state index contributed by atoms with van der Waals surface area (Å²) in [6, 6.07) is 13.1. The Morgan fingerprint density at radius 1 is 1.23 bits per heavy atom. The number of carbonyl (C=O) groups is 1. The molecule has 0 spiro atoms. The fourth-order valence-electron chi connectivity index (χ4n) is 2.94. The number of ether oxygens (including phenoxy) is 1. The average molecular weight is 359 g/mol. The van der Waals surface area contributed by atoms with Gasteiger partial charge in [0.1, 0.15) is 6.54 Å². The number of rotatable bonds is 9. The summed E-state index contributed by atoms with van der Waals surface area (Å²) < 4.78 is 18.8. The lowest BCUT2D eigenvalue weighted by molar-refractivity contribution is -0.904. The van der Waals surface area contributed by atoms with Crippen molar-refractivity contribution in [3.63, 3.8) is 0 Å². The highest BCUT2D eigenvalue weighted by molar-refractivity contribution is 5.76. The quantitative estimate of drug-likeness (QED) is 0.718. The molecule has 1 unspecified atom stereocenters. The molecule has 140 valence electrons. The molecule has 0 radical (unpaired) electrons. The first-order valence-electron chi connectivity index (χ1n) is 9.00. The second-order valence-corrected chi connectivity index (χ2v) is 6.45. The van der Waals surface area contributed by atoms with Crippen LogP contribution in [0.5, 0.6) is 5.75 Å². The van der Waals surface area contributed by atoms with Crippen LogP contribution in [0.25, 0.3) is 0 Å². The van der Waals surface area contributed by atoms with Crippen LogP contribution >= 0.6 is 0 Å². The van der Waals surface area contributed by atoms with E-state index in [9.17, 15) is 9.18 Å². The third-order valence-electron chi connectivity index (χ3n) is 4.56. The van der Waals surface area contributed by atoms with Gasteiger partial charge in [-0.3, -0.25) is 4.79 Å². The number of likely N-dealkylation sites (N-methyl/N-ethyl adjacent to an activating group) is 1. The van der Waals surface area contributed by atoms with Crippen molar-refractivity contribution in [3.8, 4) is 5.75 Å². The molecular formula is C21H28FN2O2+. The third kappa shape index (κ3) is 5.85. The molecule has 2 rings (SSSR count). The monoisotopic (exact) mass is 359 g/mol. The molecule has 5 heteroatoms. The first kappa shape index (κ1) is 19.9. The maximum atomic E-state index is 13.8. The lowest BCUT2D eigenvalue weighted by Gasteiger charge is -2.18. The van der Waals surface area contributed by atoms with Crippen LogP contribution in [0.3, 0.4) is 0 Å². The number of methoxy groups -OCH3 is 1. The molecule has 0 fully saturated rings. The van der Waals surface area contributed by atoms with Gasteiger partial charge in [0.25, 0.3) is 5.91 Å². The van der Waals surface area contributed by atoms with E-state index < -0.39 is 0 Å². The van der Waals surface area contributed by atoms with Crippen LogP contribution in [0, 0.1) is 12.7 Å². The SMILES string of the molecule is CC[NH+](CC(=O)NCCc1ccccc1C)Cc1ccc(OC)c(F)c1. The van der Waals surface area contributed by atoms with Crippen LogP contribution in [0.4, 0.5) is 4.39 Å². The van der Waals surface area contributed by atoms with Crippen molar-refractivity contribution in [1.29, 1.82) is 0 Å².